The van der Waals surface area contributed by atoms with Crippen LogP contribution in [0.1, 0.15) is 56.9 Å². The van der Waals surface area contributed by atoms with E-state index in [0.29, 0.717) is 18.4 Å². The molecule has 0 bridgehead atoms. The van der Waals surface area contributed by atoms with Crippen LogP contribution in [0, 0.1) is 0 Å². The van der Waals surface area contributed by atoms with Crippen molar-refractivity contribution >= 4 is 5.91 Å². The molecular formula is C17H26N2O. The summed E-state index contributed by atoms with van der Waals surface area (Å²) in [7, 11) is 0. The third kappa shape index (κ3) is 4.34. The molecule has 3 N–H and O–H groups in total. The number of carbonyl (C=O) groups is 1. The molecule has 0 heterocycles. The van der Waals surface area contributed by atoms with Crippen LogP contribution >= 0.6 is 0 Å². The molecule has 1 saturated carbocycles. The number of hydrogen-bond donors (Lipinski definition) is 2. The summed E-state index contributed by atoms with van der Waals surface area (Å²) < 4.78 is 0. The number of nitrogens with two attached hydrogens (primary N) is 1. The molecule has 3 nitrogen and oxygen atoms in total. The fraction of sp³-hybridized carbons (Fsp3) is 0.588. The van der Waals surface area contributed by atoms with Crippen LogP contribution in [-0.4, -0.2) is 18.0 Å². The van der Waals surface area contributed by atoms with Gasteiger partial charge in [-0.05, 0) is 43.6 Å². The normalized spacial score (nSPS) is 24.1. The molecule has 0 radical (unpaired) electrons. The molecule has 0 saturated heterocycles. The van der Waals surface area contributed by atoms with Crippen LogP contribution in [0.3, 0.4) is 0 Å². The van der Waals surface area contributed by atoms with Crippen LogP contribution in [0.4, 0.5) is 0 Å². The van der Waals surface area contributed by atoms with Crippen LogP contribution in [0.15, 0.2) is 30.3 Å². The molecule has 1 aliphatic carbocycles. The molecule has 0 aromatic heterocycles. The molecule has 110 valence electrons. The number of benzene rings is 1. The molecule has 20 heavy (non-hydrogen) atoms. The second kappa shape index (κ2) is 7.44. The standard InChI is InChI=1S/C17H26N2O/c1-2-15(18)12-17(20)19-16-10-8-14(9-11-16)13-6-4-3-5-7-13/h3-7,14-16H,2,8-12,18H2,1H3,(H,19,20). The van der Waals surface area contributed by atoms with Gasteiger partial charge in [-0.1, -0.05) is 37.3 Å². The van der Waals surface area contributed by atoms with E-state index in [9.17, 15) is 4.79 Å². The molecule has 3 heteroatoms. The predicted octanol–water partition coefficient (Wildman–Crippen LogP) is 2.96. The minimum atomic E-state index is -0.00402. The van der Waals surface area contributed by atoms with Gasteiger partial charge in [0.25, 0.3) is 0 Å². The number of carbonyl (C=O) groups excluding carboxylic acids is 1. The van der Waals surface area contributed by atoms with Gasteiger partial charge >= 0.3 is 0 Å². The quantitative estimate of drug-likeness (QED) is 0.867. The Morgan fingerprint density at radius 3 is 2.50 bits per heavy atom. The highest BCUT2D eigenvalue weighted by Crippen LogP contribution is 2.32. The van der Waals surface area contributed by atoms with E-state index in [0.717, 1.165) is 32.1 Å². The Morgan fingerprint density at radius 1 is 1.25 bits per heavy atom. The molecule has 2 rings (SSSR count). The highest BCUT2D eigenvalue weighted by atomic mass is 16.1. The number of amides is 1. The van der Waals surface area contributed by atoms with E-state index in [-0.39, 0.29) is 11.9 Å². The van der Waals surface area contributed by atoms with Gasteiger partial charge in [-0.15, -0.1) is 0 Å². The Bertz CT molecular complexity index is 410. The first-order valence-electron chi connectivity index (χ1n) is 7.79. The van der Waals surface area contributed by atoms with Crippen LogP contribution in [0.2, 0.25) is 0 Å². The topological polar surface area (TPSA) is 55.1 Å². The van der Waals surface area contributed by atoms with Gasteiger partial charge in [0.2, 0.25) is 5.91 Å². The molecule has 1 aromatic rings. The Balaban J connectivity index is 1.76. The molecule has 1 fully saturated rings. The number of rotatable bonds is 5. The van der Waals surface area contributed by atoms with Crippen LogP contribution < -0.4 is 11.1 Å². The fourth-order valence-electron chi connectivity index (χ4n) is 2.97. The van der Waals surface area contributed by atoms with Crippen molar-refractivity contribution in [2.24, 2.45) is 5.73 Å². The van der Waals surface area contributed by atoms with Gasteiger partial charge in [0.1, 0.15) is 0 Å². The van der Waals surface area contributed by atoms with E-state index in [1.165, 1.54) is 5.56 Å². The van der Waals surface area contributed by atoms with Gasteiger partial charge in [0.15, 0.2) is 0 Å². The van der Waals surface area contributed by atoms with E-state index in [4.69, 9.17) is 5.73 Å². The zero-order chi connectivity index (χ0) is 14.4. The Morgan fingerprint density at radius 2 is 1.90 bits per heavy atom. The zero-order valence-electron chi connectivity index (χ0n) is 12.3. The summed E-state index contributed by atoms with van der Waals surface area (Å²) in [6.45, 7) is 2.02. The van der Waals surface area contributed by atoms with Crippen LogP contribution in [0.25, 0.3) is 0 Å². The fourth-order valence-corrected chi connectivity index (χ4v) is 2.97. The predicted molar refractivity (Wildman–Crippen MR) is 82.5 cm³/mol. The first kappa shape index (κ1) is 15.0. The lowest BCUT2D eigenvalue weighted by Gasteiger charge is -2.29. The lowest BCUT2D eigenvalue weighted by molar-refractivity contribution is -0.122. The lowest BCUT2D eigenvalue weighted by atomic mass is 9.82. The third-order valence-electron chi connectivity index (χ3n) is 4.34. The van der Waals surface area contributed by atoms with Crippen molar-refractivity contribution in [3.05, 3.63) is 35.9 Å². The first-order chi connectivity index (χ1) is 9.69. The van der Waals surface area contributed by atoms with Gasteiger partial charge in [0, 0.05) is 18.5 Å². The molecule has 1 aromatic carbocycles. The van der Waals surface area contributed by atoms with Gasteiger partial charge in [-0.2, -0.15) is 0 Å². The summed E-state index contributed by atoms with van der Waals surface area (Å²) in [5.41, 5.74) is 7.25. The second-order valence-electron chi connectivity index (χ2n) is 5.90. The van der Waals surface area contributed by atoms with Crippen molar-refractivity contribution in [1.29, 1.82) is 0 Å². The summed E-state index contributed by atoms with van der Waals surface area (Å²) in [5, 5.41) is 3.14. The molecular weight excluding hydrogens is 248 g/mol. The monoisotopic (exact) mass is 274 g/mol. The van der Waals surface area contributed by atoms with Gasteiger partial charge in [0.05, 0.1) is 0 Å². The zero-order valence-corrected chi connectivity index (χ0v) is 12.3. The average molecular weight is 274 g/mol. The lowest BCUT2D eigenvalue weighted by Crippen LogP contribution is -2.39. The summed E-state index contributed by atoms with van der Waals surface area (Å²) >= 11 is 0. The highest BCUT2D eigenvalue weighted by molar-refractivity contribution is 5.76. The smallest absolute Gasteiger partial charge is 0.221 e. The Kier molecular flexibility index (Phi) is 5.60. The second-order valence-corrected chi connectivity index (χ2v) is 5.90. The van der Waals surface area contributed by atoms with Crippen molar-refractivity contribution < 1.29 is 4.79 Å². The van der Waals surface area contributed by atoms with E-state index >= 15 is 0 Å². The van der Waals surface area contributed by atoms with Crippen molar-refractivity contribution in [2.75, 3.05) is 0 Å². The van der Waals surface area contributed by atoms with E-state index < -0.39 is 0 Å². The SMILES string of the molecule is CCC(N)CC(=O)NC1CCC(c2ccccc2)CC1. The van der Waals surface area contributed by atoms with Crippen LogP contribution in [0.5, 0.6) is 0 Å². The van der Waals surface area contributed by atoms with Crippen molar-refractivity contribution in [3.8, 4) is 0 Å². The molecule has 1 atom stereocenters. The van der Waals surface area contributed by atoms with Crippen molar-refractivity contribution in [2.45, 2.75) is 63.5 Å². The van der Waals surface area contributed by atoms with E-state index in [2.05, 4.69) is 35.6 Å². The largest absolute Gasteiger partial charge is 0.353 e. The summed E-state index contributed by atoms with van der Waals surface area (Å²) in [6, 6.07) is 11.0. The first-order valence-corrected chi connectivity index (χ1v) is 7.79. The summed E-state index contributed by atoms with van der Waals surface area (Å²) in [5.74, 6) is 0.768. The summed E-state index contributed by atoms with van der Waals surface area (Å²) in [4.78, 5) is 11.8. The maximum atomic E-state index is 11.8. The molecule has 1 amide bonds. The maximum absolute atomic E-state index is 11.8. The maximum Gasteiger partial charge on any atom is 0.221 e. The van der Waals surface area contributed by atoms with Crippen molar-refractivity contribution in [1.82, 2.24) is 5.32 Å². The van der Waals surface area contributed by atoms with Gasteiger partial charge < -0.3 is 11.1 Å². The Hall–Kier alpha value is -1.35. The minimum Gasteiger partial charge on any atom is -0.353 e. The minimum absolute atomic E-state index is 0.00402. The molecule has 1 unspecified atom stereocenters. The Labute approximate surface area is 121 Å². The van der Waals surface area contributed by atoms with Crippen LogP contribution in [-0.2, 0) is 4.79 Å². The molecule has 1 aliphatic rings. The average Bonchev–Trinajstić information content (AvgIpc) is 2.48. The highest BCUT2D eigenvalue weighted by Gasteiger charge is 2.23. The van der Waals surface area contributed by atoms with E-state index in [1.807, 2.05) is 6.92 Å². The van der Waals surface area contributed by atoms with E-state index in [1.54, 1.807) is 0 Å². The third-order valence-corrected chi connectivity index (χ3v) is 4.34. The summed E-state index contributed by atoms with van der Waals surface area (Å²) in [6.07, 6.45) is 5.78. The molecule has 0 spiro atoms. The number of hydrogen-bond acceptors (Lipinski definition) is 2. The van der Waals surface area contributed by atoms with Gasteiger partial charge in [-0.3, -0.25) is 4.79 Å². The van der Waals surface area contributed by atoms with Crippen molar-refractivity contribution in [3.63, 3.8) is 0 Å². The van der Waals surface area contributed by atoms with Gasteiger partial charge in [-0.25, -0.2) is 0 Å². The molecule has 0 aliphatic heterocycles. The number of nitrogens with one attached hydrogen (secondary N) is 1.